The Morgan fingerprint density at radius 2 is 1.63 bits per heavy atom. The lowest BCUT2D eigenvalue weighted by Gasteiger charge is -2.06. The minimum absolute atomic E-state index is 0.591. The van der Waals surface area contributed by atoms with Crippen molar-refractivity contribution in [2.24, 2.45) is 0 Å². The normalized spacial score (nSPS) is 13.1. The molecular weight excluding hydrogens is 374 g/mol. The molecule has 0 bridgehead atoms. The lowest BCUT2D eigenvalue weighted by Crippen LogP contribution is -1.94. The molecule has 154 valence electrons. The Morgan fingerprint density at radius 3 is 2.23 bits per heavy atom. The number of aromatic nitrogens is 2. The molecule has 5 nitrogen and oxygen atoms in total. The van der Waals surface area contributed by atoms with Gasteiger partial charge in [-0.3, -0.25) is 0 Å². The Labute approximate surface area is 177 Å². The molecule has 0 spiro atoms. The van der Waals surface area contributed by atoms with E-state index in [-0.39, 0.29) is 0 Å². The summed E-state index contributed by atoms with van der Waals surface area (Å²) in [6.45, 7) is 4.15. The van der Waals surface area contributed by atoms with Gasteiger partial charge in [-0.25, -0.2) is 9.97 Å². The summed E-state index contributed by atoms with van der Waals surface area (Å²) >= 11 is 0. The molecule has 2 aromatic heterocycles. The first kappa shape index (κ1) is 20.1. The third-order valence-corrected chi connectivity index (χ3v) is 5.24. The van der Waals surface area contributed by atoms with Crippen LogP contribution in [0.3, 0.4) is 0 Å². The highest BCUT2D eigenvalue weighted by Crippen LogP contribution is 2.42. The van der Waals surface area contributed by atoms with E-state index in [1.165, 1.54) is 24.7 Å². The van der Waals surface area contributed by atoms with Gasteiger partial charge in [-0.1, -0.05) is 61.5 Å². The van der Waals surface area contributed by atoms with Gasteiger partial charge in [0.15, 0.2) is 0 Å². The summed E-state index contributed by atoms with van der Waals surface area (Å²) in [4.78, 5) is 8.70. The van der Waals surface area contributed by atoms with Crippen molar-refractivity contribution < 1.29 is 9.15 Å². The first-order valence-electron chi connectivity index (χ1n) is 10.5. The highest BCUT2D eigenvalue weighted by Gasteiger charge is 2.21. The van der Waals surface area contributed by atoms with E-state index >= 15 is 0 Å². The second kappa shape index (κ2) is 9.55. The predicted molar refractivity (Wildman–Crippen MR) is 122 cm³/mol. The van der Waals surface area contributed by atoms with Gasteiger partial charge in [-0.15, -0.1) is 0 Å². The molecule has 0 aliphatic carbocycles. The van der Waals surface area contributed by atoms with Gasteiger partial charge in [0.1, 0.15) is 17.9 Å². The lowest BCUT2D eigenvalue weighted by molar-refractivity contribution is 0.198. The maximum absolute atomic E-state index is 6.16. The number of benzene rings is 2. The highest BCUT2D eigenvalue weighted by atomic mass is 16.5. The third-order valence-electron chi connectivity index (χ3n) is 5.24. The van der Waals surface area contributed by atoms with Crippen LogP contribution in [-0.2, 0) is 11.2 Å². The molecule has 1 aliphatic rings. The molecule has 5 rings (SSSR count). The summed E-state index contributed by atoms with van der Waals surface area (Å²) in [6.07, 6.45) is 5.09. The van der Waals surface area contributed by atoms with Crippen LogP contribution in [0.15, 0.2) is 65.3 Å². The van der Waals surface area contributed by atoms with E-state index < -0.39 is 0 Å². The van der Waals surface area contributed by atoms with E-state index in [0.29, 0.717) is 5.71 Å². The summed E-state index contributed by atoms with van der Waals surface area (Å²) in [5, 5.41) is 4.06. The van der Waals surface area contributed by atoms with Gasteiger partial charge in [0.25, 0.3) is 0 Å². The number of fused-ring (bicyclic) bond motifs is 1. The van der Waals surface area contributed by atoms with Crippen molar-refractivity contribution in [2.75, 3.05) is 25.6 Å². The summed E-state index contributed by atoms with van der Waals surface area (Å²) in [5.74, 6) is 1.59. The molecule has 0 radical (unpaired) electrons. The highest BCUT2D eigenvalue weighted by molar-refractivity contribution is 6.05. The zero-order valence-electron chi connectivity index (χ0n) is 17.5. The van der Waals surface area contributed by atoms with Gasteiger partial charge in [0, 0.05) is 31.4 Å². The Morgan fingerprint density at radius 1 is 0.900 bits per heavy atom. The smallest absolute Gasteiger partial charge is 0.232 e. The molecule has 0 amide bonds. The molecule has 1 saturated heterocycles. The zero-order valence-corrected chi connectivity index (χ0v) is 17.5. The fraction of sp³-hybridized carbons (Fsp3) is 0.280. The minimum Gasteiger partial charge on any atom is -0.437 e. The van der Waals surface area contributed by atoms with Gasteiger partial charge in [-0.2, -0.15) is 0 Å². The second-order valence-electron chi connectivity index (χ2n) is 7.19. The summed E-state index contributed by atoms with van der Waals surface area (Å²) < 4.78 is 11.1. The van der Waals surface area contributed by atoms with Crippen LogP contribution in [0.4, 0.5) is 5.82 Å². The maximum atomic E-state index is 6.16. The molecule has 4 aromatic rings. The molecule has 0 saturated carbocycles. The van der Waals surface area contributed by atoms with Crippen LogP contribution in [0.5, 0.6) is 0 Å². The van der Waals surface area contributed by atoms with Gasteiger partial charge < -0.3 is 14.5 Å². The number of nitrogens with zero attached hydrogens (tertiary/aromatic N) is 2. The summed E-state index contributed by atoms with van der Waals surface area (Å²) in [5.41, 5.74) is 5.03. The van der Waals surface area contributed by atoms with Crippen molar-refractivity contribution in [2.45, 2.75) is 26.2 Å². The molecule has 30 heavy (non-hydrogen) atoms. The number of furan rings is 1. The van der Waals surface area contributed by atoms with Crippen LogP contribution in [0.25, 0.3) is 33.6 Å². The van der Waals surface area contributed by atoms with Gasteiger partial charge in [0.05, 0.1) is 5.39 Å². The van der Waals surface area contributed by atoms with Crippen molar-refractivity contribution >= 4 is 16.9 Å². The number of aryl methyl sites for hydroxylation is 1. The van der Waals surface area contributed by atoms with Crippen LogP contribution < -0.4 is 5.32 Å². The molecule has 1 N–H and O–H groups in total. The molecule has 2 aromatic carbocycles. The molecule has 0 unspecified atom stereocenters. The fourth-order valence-corrected chi connectivity index (χ4v) is 3.61. The largest absolute Gasteiger partial charge is 0.437 e. The van der Waals surface area contributed by atoms with Crippen molar-refractivity contribution in [3.63, 3.8) is 0 Å². The summed E-state index contributed by atoms with van der Waals surface area (Å²) in [7, 11) is 1.86. The van der Waals surface area contributed by atoms with Gasteiger partial charge in [-0.05, 0) is 30.4 Å². The Kier molecular flexibility index (Phi) is 6.40. The average molecular weight is 402 g/mol. The van der Waals surface area contributed by atoms with Crippen molar-refractivity contribution in [1.82, 2.24) is 9.97 Å². The monoisotopic (exact) mass is 401 g/mol. The van der Waals surface area contributed by atoms with Gasteiger partial charge in [0.2, 0.25) is 5.71 Å². The van der Waals surface area contributed by atoms with E-state index in [2.05, 4.69) is 58.6 Å². The van der Waals surface area contributed by atoms with Crippen LogP contribution in [0, 0.1) is 0 Å². The zero-order chi connectivity index (χ0) is 20.8. The van der Waals surface area contributed by atoms with Crippen LogP contribution >= 0.6 is 0 Å². The number of hydrogen-bond acceptors (Lipinski definition) is 5. The van der Waals surface area contributed by atoms with E-state index in [4.69, 9.17) is 9.15 Å². The second-order valence-corrected chi connectivity index (χ2v) is 7.19. The average Bonchev–Trinajstić information content (AvgIpc) is 3.51. The minimum atomic E-state index is 0.591. The Hall–Kier alpha value is -3.18. The fourth-order valence-electron chi connectivity index (χ4n) is 3.61. The first-order valence-corrected chi connectivity index (χ1v) is 10.5. The summed E-state index contributed by atoms with van der Waals surface area (Å²) in [6, 6.07) is 18.7. The van der Waals surface area contributed by atoms with Crippen molar-refractivity contribution in [3.05, 3.63) is 66.5 Å². The van der Waals surface area contributed by atoms with E-state index in [1.54, 1.807) is 0 Å². The lowest BCUT2D eigenvalue weighted by atomic mass is 9.98. The Balaban J connectivity index is 0.000000383. The van der Waals surface area contributed by atoms with Crippen LogP contribution in [0.2, 0.25) is 0 Å². The van der Waals surface area contributed by atoms with E-state index in [0.717, 1.165) is 53.3 Å². The van der Waals surface area contributed by atoms with E-state index in [1.807, 2.05) is 25.2 Å². The van der Waals surface area contributed by atoms with Crippen LogP contribution in [0.1, 0.15) is 25.3 Å². The number of rotatable bonds is 4. The van der Waals surface area contributed by atoms with Crippen molar-refractivity contribution in [1.29, 1.82) is 0 Å². The molecule has 1 fully saturated rings. The predicted octanol–water partition coefficient (Wildman–Crippen LogP) is 5.96. The maximum Gasteiger partial charge on any atom is 0.232 e. The first-order chi connectivity index (χ1) is 14.8. The molecule has 5 heteroatoms. The molecular formula is C25H27N3O2. The quantitative estimate of drug-likeness (QED) is 0.457. The molecule has 0 atom stereocenters. The standard InChI is InChI=1S/C21H19N3O.C4H8O/c1-3-14-9-11-16(12-10-14)19-17(15-7-5-4-6-8-15)18-20(22-2)23-13-24-21(18)25-19;1-2-4-5-3-1/h4-13H,3H2,1-2H3,(H,22,23,24);1-4H2. The number of nitrogens with one attached hydrogen (secondary N) is 1. The molecule has 1 aliphatic heterocycles. The SMILES string of the molecule is C1CCOC1.CCc1ccc(-c2oc3ncnc(NC)c3c2-c2ccccc2)cc1. The third kappa shape index (κ3) is 4.21. The van der Waals surface area contributed by atoms with E-state index in [9.17, 15) is 0 Å². The topological polar surface area (TPSA) is 60.2 Å². The number of ether oxygens (including phenoxy) is 1. The molecule has 3 heterocycles. The Bertz CT molecular complexity index is 1080. The number of anilines is 1. The number of hydrogen-bond donors (Lipinski definition) is 1. The van der Waals surface area contributed by atoms with Crippen LogP contribution in [-0.4, -0.2) is 30.2 Å². The van der Waals surface area contributed by atoms with Crippen molar-refractivity contribution in [3.8, 4) is 22.5 Å². The van der Waals surface area contributed by atoms with Gasteiger partial charge >= 0.3 is 0 Å².